The molecule has 0 bridgehead atoms. The summed E-state index contributed by atoms with van der Waals surface area (Å²) < 4.78 is 28.4. The molecule has 31 heavy (non-hydrogen) atoms. The quantitative estimate of drug-likeness (QED) is 0.660. The molecule has 1 saturated heterocycles. The summed E-state index contributed by atoms with van der Waals surface area (Å²) in [6.07, 6.45) is 0. The molecule has 1 aliphatic rings. The lowest BCUT2D eigenvalue weighted by molar-refractivity contribution is 0.312. The van der Waals surface area contributed by atoms with Crippen molar-refractivity contribution in [1.29, 1.82) is 0 Å². The molecule has 1 fully saturated rings. The zero-order chi connectivity index (χ0) is 22.0. The van der Waals surface area contributed by atoms with Crippen molar-refractivity contribution in [2.75, 3.05) is 42.8 Å². The van der Waals surface area contributed by atoms with Crippen molar-refractivity contribution in [2.45, 2.75) is 18.7 Å². The largest absolute Gasteiger partial charge is 0.353 e. The van der Waals surface area contributed by atoms with Crippen molar-refractivity contribution in [2.24, 2.45) is 0 Å². The lowest BCUT2D eigenvalue weighted by Gasteiger charge is -2.32. The standard InChI is InChI=1S/C23H27N5O2S/c1-17-7-9-22(18(2)15-17)31(29,30)26-20-6-4-5-19(16-20)21-8-10-23(25-24-21)28-13-11-27(3)12-14-28/h4-10,15-16,26H,11-14H2,1-3H3. The number of nitrogens with one attached hydrogen (secondary N) is 1. The third kappa shape index (κ3) is 4.86. The number of hydrogen-bond acceptors (Lipinski definition) is 6. The number of aromatic nitrogens is 2. The summed E-state index contributed by atoms with van der Waals surface area (Å²) in [6.45, 7) is 7.62. The Labute approximate surface area is 183 Å². The first-order valence-electron chi connectivity index (χ1n) is 10.3. The normalized spacial score (nSPS) is 15.1. The molecule has 0 atom stereocenters. The maximum atomic E-state index is 12.9. The van der Waals surface area contributed by atoms with Crippen LogP contribution >= 0.6 is 0 Å². The Balaban J connectivity index is 1.53. The summed E-state index contributed by atoms with van der Waals surface area (Å²) in [5, 5.41) is 8.77. The highest BCUT2D eigenvalue weighted by atomic mass is 32.2. The molecule has 2 heterocycles. The highest BCUT2D eigenvalue weighted by Gasteiger charge is 2.18. The SMILES string of the molecule is Cc1ccc(S(=O)(=O)Nc2cccc(-c3ccc(N4CCN(C)CC4)nn3)c2)c(C)c1. The first-order valence-corrected chi connectivity index (χ1v) is 11.8. The number of aryl methyl sites for hydroxylation is 2. The number of rotatable bonds is 5. The number of benzene rings is 2. The lowest BCUT2D eigenvalue weighted by Crippen LogP contribution is -2.44. The van der Waals surface area contributed by atoms with Crippen molar-refractivity contribution in [3.05, 3.63) is 65.7 Å². The Morgan fingerprint density at radius 1 is 0.903 bits per heavy atom. The number of hydrogen-bond donors (Lipinski definition) is 1. The van der Waals surface area contributed by atoms with Gasteiger partial charge in [0.1, 0.15) is 0 Å². The van der Waals surface area contributed by atoms with Gasteiger partial charge in [-0.3, -0.25) is 4.72 Å². The average Bonchev–Trinajstić information content (AvgIpc) is 2.74. The fraction of sp³-hybridized carbons (Fsp3) is 0.304. The van der Waals surface area contributed by atoms with Crippen molar-refractivity contribution in [1.82, 2.24) is 15.1 Å². The van der Waals surface area contributed by atoms with Crippen molar-refractivity contribution in [3.8, 4) is 11.3 Å². The summed E-state index contributed by atoms with van der Waals surface area (Å²) in [5.41, 5.74) is 3.73. The van der Waals surface area contributed by atoms with Gasteiger partial charge in [-0.15, -0.1) is 10.2 Å². The molecular weight excluding hydrogens is 410 g/mol. The summed E-state index contributed by atoms with van der Waals surface area (Å²) in [7, 11) is -1.56. The third-order valence-corrected chi connectivity index (χ3v) is 7.05. The van der Waals surface area contributed by atoms with E-state index in [4.69, 9.17) is 0 Å². The molecule has 1 aromatic heterocycles. The maximum absolute atomic E-state index is 12.9. The fourth-order valence-electron chi connectivity index (χ4n) is 3.74. The first kappa shape index (κ1) is 21.3. The van der Waals surface area contributed by atoms with Crippen LogP contribution in [0.2, 0.25) is 0 Å². The van der Waals surface area contributed by atoms with E-state index in [1.165, 1.54) is 0 Å². The molecule has 2 aromatic carbocycles. The predicted molar refractivity (Wildman–Crippen MR) is 124 cm³/mol. The zero-order valence-corrected chi connectivity index (χ0v) is 18.9. The maximum Gasteiger partial charge on any atom is 0.262 e. The minimum atomic E-state index is -3.68. The van der Waals surface area contributed by atoms with Crippen molar-refractivity contribution < 1.29 is 8.42 Å². The molecule has 8 heteroatoms. The van der Waals surface area contributed by atoms with Gasteiger partial charge < -0.3 is 9.80 Å². The van der Waals surface area contributed by atoms with E-state index in [-0.39, 0.29) is 4.90 Å². The predicted octanol–water partition coefficient (Wildman–Crippen LogP) is 3.31. The van der Waals surface area contributed by atoms with E-state index in [9.17, 15) is 8.42 Å². The Morgan fingerprint density at radius 2 is 1.68 bits per heavy atom. The first-order chi connectivity index (χ1) is 14.8. The van der Waals surface area contributed by atoms with Gasteiger partial charge in [0, 0.05) is 37.4 Å². The van der Waals surface area contributed by atoms with Crippen LogP contribution in [-0.4, -0.2) is 56.7 Å². The number of piperazine rings is 1. The van der Waals surface area contributed by atoms with Gasteiger partial charge in [0.05, 0.1) is 10.6 Å². The molecule has 7 nitrogen and oxygen atoms in total. The van der Waals surface area contributed by atoms with Gasteiger partial charge in [-0.25, -0.2) is 8.42 Å². The summed E-state index contributed by atoms with van der Waals surface area (Å²) in [4.78, 5) is 4.80. The van der Waals surface area contributed by atoms with E-state index in [0.29, 0.717) is 16.9 Å². The van der Waals surface area contributed by atoms with Crippen LogP contribution in [0.15, 0.2) is 59.5 Å². The molecule has 1 aliphatic heterocycles. The summed E-state index contributed by atoms with van der Waals surface area (Å²) in [6, 6.07) is 16.4. The minimum Gasteiger partial charge on any atom is -0.353 e. The monoisotopic (exact) mass is 437 g/mol. The van der Waals surface area contributed by atoms with Crippen LogP contribution < -0.4 is 9.62 Å². The molecule has 0 aliphatic carbocycles. The molecule has 4 rings (SSSR count). The van der Waals surface area contributed by atoms with Crippen LogP contribution in [-0.2, 0) is 10.0 Å². The van der Waals surface area contributed by atoms with E-state index in [0.717, 1.165) is 43.1 Å². The molecule has 162 valence electrons. The molecule has 1 N–H and O–H groups in total. The lowest BCUT2D eigenvalue weighted by atomic mass is 10.1. The molecule has 0 unspecified atom stereocenters. The second-order valence-electron chi connectivity index (χ2n) is 8.02. The van der Waals surface area contributed by atoms with Gasteiger partial charge in [-0.1, -0.05) is 29.8 Å². The Hall–Kier alpha value is -2.97. The van der Waals surface area contributed by atoms with Crippen molar-refractivity contribution in [3.63, 3.8) is 0 Å². The second-order valence-corrected chi connectivity index (χ2v) is 9.67. The van der Waals surface area contributed by atoms with E-state index < -0.39 is 10.0 Å². The number of nitrogens with zero attached hydrogens (tertiary/aromatic N) is 4. The van der Waals surface area contributed by atoms with Gasteiger partial charge in [0.2, 0.25) is 0 Å². The number of anilines is 2. The minimum absolute atomic E-state index is 0.278. The smallest absolute Gasteiger partial charge is 0.262 e. The summed E-state index contributed by atoms with van der Waals surface area (Å²) in [5.74, 6) is 0.864. The molecule has 0 radical (unpaired) electrons. The summed E-state index contributed by atoms with van der Waals surface area (Å²) >= 11 is 0. The van der Waals surface area contributed by atoms with Gasteiger partial charge in [-0.05, 0) is 56.8 Å². The van der Waals surface area contributed by atoms with Crippen LogP contribution in [0, 0.1) is 13.8 Å². The van der Waals surface area contributed by atoms with Gasteiger partial charge in [0.15, 0.2) is 5.82 Å². The van der Waals surface area contributed by atoms with Crippen molar-refractivity contribution >= 4 is 21.5 Å². The van der Waals surface area contributed by atoms with Crippen LogP contribution in [0.3, 0.4) is 0 Å². The van der Waals surface area contributed by atoms with Crippen LogP contribution in [0.1, 0.15) is 11.1 Å². The van der Waals surface area contributed by atoms with E-state index >= 15 is 0 Å². The molecule has 3 aromatic rings. The Morgan fingerprint density at radius 3 is 2.35 bits per heavy atom. The Bertz CT molecular complexity index is 1170. The van der Waals surface area contributed by atoms with Crippen LogP contribution in [0.25, 0.3) is 11.3 Å². The van der Waals surface area contributed by atoms with Gasteiger partial charge in [0.25, 0.3) is 10.0 Å². The second kappa shape index (κ2) is 8.64. The molecule has 0 amide bonds. The highest BCUT2D eigenvalue weighted by molar-refractivity contribution is 7.92. The van der Waals surface area contributed by atoms with Gasteiger partial charge >= 0.3 is 0 Å². The molecule has 0 spiro atoms. The number of likely N-dealkylation sites (N-methyl/N-ethyl adjacent to an activating group) is 1. The van der Waals surface area contributed by atoms with Crippen LogP contribution in [0.4, 0.5) is 11.5 Å². The van der Waals surface area contributed by atoms with E-state index in [2.05, 4.69) is 31.8 Å². The average molecular weight is 438 g/mol. The topological polar surface area (TPSA) is 78.4 Å². The molecular formula is C23H27N5O2S. The molecule has 0 saturated carbocycles. The highest BCUT2D eigenvalue weighted by Crippen LogP contribution is 2.25. The van der Waals surface area contributed by atoms with E-state index in [1.54, 1.807) is 31.2 Å². The fourth-order valence-corrected chi connectivity index (χ4v) is 5.01. The van der Waals surface area contributed by atoms with Gasteiger partial charge in [-0.2, -0.15) is 0 Å². The zero-order valence-electron chi connectivity index (χ0n) is 18.0. The van der Waals surface area contributed by atoms with Crippen LogP contribution in [0.5, 0.6) is 0 Å². The number of sulfonamides is 1. The third-order valence-electron chi connectivity index (χ3n) is 5.51. The Kier molecular flexibility index (Phi) is 5.93. The van der Waals surface area contributed by atoms with E-state index in [1.807, 2.05) is 37.3 Å².